The summed E-state index contributed by atoms with van der Waals surface area (Å²) in [7, 11) is 0. The van der Waals surface area contributed by atoms with Crippen LogP contribution >= 0.6 is 0 Å². The van der Waals surface area contributed by atoms with Crippen LogP contribution in [-0.4, -0.2) is 22.8 Å². The minimum absolute atomic E-state index is 0.133. The molecule has 0 bridgehead atoms. The first-order chi connectivity index (χ1) is 11.1. The quantitative estimate of drug-likeness (QED) is 0.793. The van der Waals surface area contributed by atoms with Gasteiger partial charge >= 0.3 is 0 Å². The third-order valence-corrected chi connectivity index (χ3v) is 3.41. The summed E-state index contributed by atoms with van der Waals surface area (Å²) < 4.78 is 0. The Labute approximate surface area is 134 Å². The molecule has 0 radical (unpaired) electrons. The van der Waals surface area contributed by atoms with E-state index in [9.17, 15) is 9.59 Å². The van der Waals surface area contributed by atoms with Gasteiger partial charge in [0.2, 0.25) is 5.91 Å². The number of hydrogen-bond acceptors (Lipinski definition) is 4. The predicted octanol–water partition coefficient (Wildman–Crippen LogP) is 2.87. The van der Waals surface area contributed by atoms with Crippen molar-refractivity contribution in [2.45, 2.75) is 25.8 Å². The molecule has 118 valence electrons. The summed E-state index contributed by atoms with van der Waals surface area (Å²) >= 11 is 0. The van der Waals surface area contributed by atoms with E-state index in [4.69, 9.17) is 0 Å². The lowest BCUT2D eigenvalue weighted by Crippen LogP contribution is -2.14. The van der Waals surface area contributed by atoms with Crippen LogP contribution in [0.3, 0.4) is 0 Å². The van der Waals surface area contributed by atoms with E-state index in [1.54, 1.807) is 36.5 Å². The van der Waals surface area contributed by atoms with Gasteiger partial charge in [-0.1, -0.05) is 0 Å². The summed E-state index contributed by atoms with van der Waals surface area (Å²) in [6.45, 7) is 1.45. The molecule has 6 heteroatoms. The van der Waals surface area contributed by atoms with Crippen LogP contribution in [0.15, 0.2) is 42.6 Å². The third-order valence-electron chi connectivity index (χ3n) is 3.41. The molecule has 0 saturated heterocycles. The highest BCUT2D eigenvalue weighted by Gasteiger charge is 2.20. The molecule has 1 aliphatic carbocycles. The SMILES string of the molecule is CC(=O)Nc1ccc(NC(=O)c2ccc(NC3CC3)cn2)cc1. The van der Waals surface area contributed by atoms with Gasteiger partial charge in [-0.25, -0.2) is 4.98 Å². The summed E-state index contributed by atoms with van der Waals surface area (Å²) in [5.74, 6) is -0.402. The average molecular weight is 310 g/mol. The van der Waals surface area contributed by atoms with Crippen molar-refractivity contribution in [1.29, 1.82) is 0 Å². The summed E-state index contributed by atoms with van der Waals surface area (Å²) in [6, 6.07) is 11.0. The van der Waals surface area contributed by atoms with Crippen molar-refractivity contribution in [3.63, 3.8) is 0 Å². The Balaban J connectivity index is 1.60. The Bertz CT molecular complexity index is 706. The molecule has 6 nitrogen and oxygen atoms in total. The normalized spacial score (nSPS) is 13.3. The van der Waals surface area contributed by atoms with E-state index in [0.29, 0.717) is 23.1 Å². The number of aromatic nitrogens is 1. The molecule has 0 spiro atoms. The van der Waals surface area contributed by atoms with Gasteiger partial charge in [0.1, 0.15) is 5.69 Å². The van der Waals surface area contributed by atoms with Crippen LogP contribution in [0.2, 0.25) is 0 Å². The molecule has 2 aromatic rings. The zero-order chi connectivity index (χ0) is 16.2. The highest BCUT2D eigenvalue weighted by Crippen LogP contribution is 2.24. The van der Waals surface area contributed by atoms with E-state index in [0.717, 1.165) is 5.69 Å². The van der Waals surface area contributed by atoms with Gasteiger partial charge in [0.25, 0.3) is 5.91 Å². The molecule has 23 heavy (non-hydrogen) atoms. The smallest absolute Gasteiger partial charge is 0.274 e. The zero-order valence-electron chi connectivity index (χ0n) is 12.8. The van der Waals surface area contributed by atoms with Gasteiger partial charge in [0.05, 0.1) is 11.9 Å². The van der Waals surface area contributed by atoms with E-state index in [-0.39, 0.29) is 11.8 Å². The summed E-state index contributed by atoms with van der Waals surface area (Å²) in [5, 5.41) is 8.77. The van der Waals surface area contributed by atoms with Crippen LogP contribution in [0.4, 0.5) is 17.1 Å². The van der Waals surface area contributed by atoms with Crippen molar-refractivity contribution in [1.82, 2.24) is 4.98 Å². The largest absolute Gasteiger partial charge is 0.381 e. The molecular formula is C17H18N4O2. The molecule has 1 aromatic heterocycles. The van der Waals surface area contributed by atoms with E-state index in [2.05, 4.69) is 20.9 Å². The minimum Gasteiger partial charge on any atom is -0.381 e. The highest BCUT2D eigenvalue weighted by atomic mass is 16.2. The van der Waals surface area contributed by atoms with Crippen LogP contribution < -0.4 is 16.0 Å². The zero-order valence-corrected chi connectivity index (χ0v) is 12.8. The molecule has 1 heterocycles. The van der Waals surface area contributed by atoms with Gasteiger partial charge in [-0.2, -0.15) is 0 Å². The van der Waals surface area contributed by atoms with Gasteiger partial charge in [0.15, 0.2) is 0 Å². The Hall–Kier alpha value is -2.89. The molecule has 1 aliphatic rings. The van der Waals surface area contributed by atoms with E-state index >= 15 is 0 Å². The monoisotopic (exact) mass is 310 g/mol. The number of benzene rings is 1. The van der Waals surface area contributed by atoms with Crippen molar-refractivity contribution in [3.8, 4) is 0 Å². The first-order valence-corrected chi connectivity index (χ1v) is 7.52. The number of nitrogens with zero attached hydrogens (tertiary/aromatic N) is 1. The molecule has 1 aromatic carbocycles. The fourth-order valence-electron chi connectivity index (χ4n) is 2.11. The van der Waals surface area contributed by atoms with Gasteiger partial charge in [0, 0.05) is 24.3 Å². The summed E-state index contributed by atoms with van der Waals surface area (Å²) in [6.07, 6.45) is 4.06. The lowest BCUT2D eigenvalue weighted by molar-refractivity contribution is -0.114. The highest BCUT2D eigenvalue weighted by molar-refractivity contribution is 6.03. The molecule has 1 saturated carbocycles. The van der Waals surface area contributed by atoms with Crippen LogP contribution in [0, 0.1) is 0 Å². The van der Waals surface area contributed by atoms with Gasteiger partial charge in [-0.05, 0) is 49.2 Å². The molecule has 3 rings (SSSR count). The summed E-state index contributed by atoms with van der Waals surface area (Å²) in [4.78, 5) is 27.3. The van der Waals surface area contributed by atoms with Crippen molar-refractivity contribution in [3.05, 3.63) is 48.3 Å². The van der Waals surface area contributed by atoms with Crippen molar-refractivity contribution >= 4 is 28.9 Å². The summed E-state index contributed by atoms with van der Waals surface area (Å²) in [5.41, 5.74) is 2.62. The molecule has 0 aliphatic heterocycles. The number of carbonyl (C=O) groups is 2. The fourth-order valence-corrected chi connectivity index (χ4v) is 2.11. The van der Waals surface area contributed by atoms with Crippen molar-refractivity contribution in [2.24, 2.45) is 0 Å². The standard InChI is InChI=1S/C17H18N4O2/c1-11(22)19-12-2-6-14(7-3-12)21-17(23)16-9-8-15(10-18-16)20-13-4-5-13/h2-3,6-10,13,20H,4-5H2,1H3,(H,19,22)(H,21,23). The maximum atomic E-state index is 12.2. The van der Waals surface area contributed by atoms with Crippen LogP contribution in [-0.2, 0) is 4.79 Å². The lowest BCUT2D eigenvalue weighted by atomic mass is 10.2. The van der Waals surface area contributed by atoms with Gasteiger partial charge < -0.3 is 16.0 Å². The first kappa shape index (κ1) is 15.0. The molecule has 3 N–H and O–H groups in total. The Morgan fingerprint density at radius 1 is 0.957 bits per heavy atom. The topological polar surface area (TPSA) is 83.1 Å². The van der Waals surface area contributed by atoms with E-state index in [1.165, 1.54) is 19.8 Å². The van der Waals surface area contributed by atoms with Gasteiger partial charge in [-0.3, -0.25) is 9.59 Å². The van der Waals surface area contributed by atoms with Crippen molar-refractivity contribution < 1.29 is 9.59 Å². The number of anilines is 3. The second kappa shape index (κ2) is 6.48. The van der Waals surface area contributed by atoms with Crippen LogP contribution in [0.25, 0.3) is 0 Å². The number of nitrogens with one attached hydrogen (secondary N) is 3. The third kappa shape index (κ3) is 4.29. The molecule has 1 fully saturated rings. The molecule has 0 atom stereocenters. The molecular weight excluding hydrogens is 292 g/mol. The number of rotatable bonds is 5. The number of pyridine rings is 1. The Morgan fingerprint density at radius 3 is 2.09 bits per heavy atom. The first-order valence-electron chi connectivity index (χ1n) is 7.52. The van der Waals surface area contributed by atoms with Crippen LogP contribution in [0.1, 0.15) is 30.3 Å². The second-order valence-corrected chi connectivity index (χ2v) is 5.56. The number of amides is 2. The maximum absolute atomic E-state index is 12.2. The maximum Gasteiger partial charge on any atom is 0.274 e. The lowest BCUT2D eigenvalue weighted by Gasteiger charge is -2.08. The van der Waals surface area contributed by atoms with E-state index in [1.807, 2.05) is 6.07 Å². The van der Waals surface area contributed by atoms with Crippen molar-refractivity contribution in [2.75, 3.05) is 16.0 Å². The number of hydrogen-bond donors (Lipinski definition) is 3. The minimum atomic E-state index is -0.268. The second-order valence-electron chi connectivity index (χ2n) is 5.56. The average Bonchev–Trinajstić information content (AvgIpc) is 3.33. The van der Waals surface area contributed by atoms with E-state index < -0.39 is 0 Å². The Morgan fingerprint density at radius 2 is 1.57 bits per heavy atom. The number of carbonyl (C=O) groups excluding carboxylic acids is 2. The Kier molecular flexibility index (Phi) is 4.23. The fraction of sp³-hybridized carbons (Fsp3) is 0.235. The molecule has 0 unspecified atom stereocenters. The predicted molar refractivity (Wildman–Crippen MR) is 89.6 cm³/mol. The van der Waals surface area contributed by atoms with Crippen LogP contribution in [0.5, 0.6) is 0 Å². The molecule has 2 amide bonds. The van der Waals surface area contributed by atoms with Gasteiger partial charge in [-0.15, -0.1) is 0 Å².